The number of carbonyl (C=O) groups is 1. The standard InChI is InChI=1S/C16H20N4O2/c1-2-14-18-15-13(7-4-8-20(15)19-14)17-10-11-5-3-6-12(9-11)16(21)22/h3,5-6,9,13,17H,2,4,7-8,10H2,1H3,(H,21,22). The van der Waals surface area contributed by atoms with Crippen molar-refractivity contribution in [3.05, 3.63) is 47.0 Å². The zero-order chi connectivity index (χ0) is 15.5. The highest BCUT2D eigenvalue weighted by molar-refractivity contribution is 5.87. The predicted molar refractivity (Wildman–Crippen MR) is 81.6 cm³/mol. The highest BCUT2D eigenvalue weighted by Gasteiger charge is 2.23. The lowest BCUT2D eigenvalue weighted by molar-refractivity contribution is 0.0696. The zero-order valence-corrected chi connectivity index (χ0v) is 12.6. The van der Waals surface area contributed by atoms with E-state index in [2.05, 4.69) is 22.3 Å². The summed E-state index contributed by atoms with van der Waals surface area (Å²) in [5.41, 5.74) is 1.28. The molecule has 2 aromatic rings. The summed E-state index contributed by atoms with van der Waals surface area (Å²) in [6.07, 6.45) is 2.94. The van der Waals surface area contributed by atoms with E-state index in [1.54, 1.807) is 18.2 Å². The van der Waals surface area contributed by atoms with Gasteiger partial charge in [-0.05, 0) is 30.5 Å². The van der Waals surface area contributed by atoms with Crippen molar-refractivity contribution in [2.45, 2.75) is 45.3 Å². The number of aromatic carboxylic acids is 1. The molecule has 0 fully saturated rings. The molecule has 3 rings (SSSR count). The average Bonchev–Trinajstić information content (AvgIpc) is 2.97. The van der Waals surface area contributed by atoms with Gasteiger partial charge in [0.05, 0.1) is 11.6 Å². The average molecular weight is 300 g/mol. The first kappa shape index (κ1) is 14.7. The zero-order valence-electron chi connectivity index (χ0n) is 12.6. The van der Waals surface area contributed by atoms with Crippen molar-refractivity contribution in [3.63, 3.8) is 0 Å². The van der Waals surface area contributed by atoms with Crippen molar-refractivity contribution in [1.82, 2.24) is 20.1 Å². The molecule has 116 valence electrons. The lowest BCUT2D eigenvalue weighted by Crippen LogP contribution is -2.28. The number of aromatic nitrogens is 3. The first-order chi connectivity index (χ1) is 10.7. The molecule has 0 spiro atoms. The topological polar surface area (TPSA) is 80.0 Å². The van der Waals surface area contributed by atoms with Crippen LogP contribution in [-0.4, -0.2) is 25.8 Å². The molecule has 0 saturated heterocycles. The van der Waals surface area contributed by atoms with Crippen LogP contribution in [0.3, 0.4) is 0 Å². The Kier molecular flexibility index (Phi) is 4.20. The third-order valence-corrected chi connectivity index (χ3v) is 3.96. The summed E-state index contributed by atoms with van der Waals surface area (Å²) in [7, 11) is 0. The van der Waals surface area contributed by atoms with Gasteiger partial charge in [0.2, 0.25) is 0 Å². The minimum Gasteiger partial charge on any atom is -0.478 e. The molecule has 0 amide bonds. The van der Waals surface area contributed by atoms with E-state index >= 15 is 0 Å². The van der Waals surface area contributed by atoms with E-state index in [9.17, 15) is 4.79 Å². The van der Waals surface area contributed by atoms with Crippen LogP contribution in [0.2, 0.25) is 0 Å². The van der Waals surface area contributed by atoms with E-state index in [0.29, 0.717) is 12.1 Å². The Morgan fingerprint density at radius 2 is 2.36 bits per heavy atom. The Balaban J connectivity index is 1.71. The van der Waals surface area contributed by atoms with Gasteiger partial charge in [0.15, 0.2) is 5.82 Å². The van der Waals surface area contributed by atoms with Crippen molar-refractivity contribution >= 4 is 5.97 Å². The molecular formula is C16H20N4O2. The number of nitrogens with one attached hydrogen (secondary N) is 1. The summed E-state index contributed by atoms with van der Waals surface area (Å²) in [6, 6.07) is 7.20. The predicted octanol–water partition coefficient (Wildman–Crippen LogP) is 2.16. The molecule has 1 aliphatic heterocycles. The van der Waals surface area contributed by atoms with Gasteiger partial charge in [-0.3, -0.25) is 0 Å². The summed E-state index contributed by atoms with van der Waals surface area (Å²) in [4.78, 5) is 15.6. The van der Waals surface area contributed by atoms with Crippen LogP contribution in [0.15, 0.2) is 24.3 Å². The maximum atomic E-state index is 11.0. The first-order valence-corrected chi connectivity index (χ1v) is 7.66. The Labute approximate surface area is 129 Å². The fourth-order valence-electron chi connectivity index (χ4n) is 2.80. The fraction of sp³-hybridized carbons (Fsp3) is 0.438. The number of hydrogen-bond donors (Lipinski definition) is 2. The van der Waals surface area contributed by atoms with Gasteiger partial charge in [0, 0.05) is 19.5 Å². The molecule has 1 aromatic carbocycles. The normalized spacial score (nSPS) is 17.2. The van der Waals surface area contributed by atoms with Crippen LogP contribution in [0.25, 0.3) is 0 Å². The van der Waals surface area contributed by atoms with E-state index in [-0.39, 0.29) is 6.04 Å². The number of carboxylic acids is 1. The molecule has 1 aliphatic rings. The number of carboxylic acid groups (broad SMARTS) is 1. The molecule has 0 bridgehead atoms. The molecule has 0 saturated carbocycles. The summed E-state index contributed by atoms with van der Waals surface area (Å²) >= 11 is 0. The minimum absolute atomic E-state index is 0.176. The van der Waals surface area contributed by atoms with Gasteiger partial charge < -0.3 is 10.4 Å². The van der Waals surface area contributed by atoms with Crippen LogP contribution in [0, 0.1) is 0 Å². The molecule has 0 aliphatic carbocycles. The van der Waals surface area contributed by atoms with Crippen LogP contribution in [0.4, 0.5) is 0 Å². The number of aryl methyl sites for hydroxylation is 2. The molecule has 2 heterocycles. The van der Waals surface area contributed by atoms with Gasteiger partial charge in [-0.2, -0.15) is 5.10 Å². The van der Waals surface area contributed by atoms with Gasteiger partial charge >= 0.3 is 5.97 Å². The van der Waals surface area contributed by atoms with E-state index < -0.39 is 5.97 Å². The quantitative estimate of drug-likeness (QED) is 0.884. The van der Waals surface area contributed by atoms with Crippen molar-refractivity contribution < 1.29 is 9.90 Å². The lowest BCUT2D eigenvalue weighted by atomic mass is 10.1. The second-order valence-electron chi connectivity index (χ2n) is 5.54. The third-order valence-electron chi connectivity index (χ3n) is 3.96. The van der Waals surface area contributed by atoms with Gasteiger partial charge in [-0.1, -0.05) is 19.1 Å². The Morgan fingerprint density at radius 3 is 3.14 bits per heavy atom. The molecule has 0 radical (unpaired) electrons. The number of benzene rings is 1. The number of rotatable bonds is 5. The lowest BCUT2D eigenvalue weighted by Gasteiger charge is -2.23. The van der Waals surface area contributed by atoms with E-state index in [0.717, 1.165) is 43.0 Å². The summed E-state index contributed by atoms with van der Waals surface area (Å²) < 4.78 is 1.99. The Hall–Kier alpha value is -2.21. The van der Waals surface area contributed by atoms with Gasteiger partial charge in [0.25, 0.3) is 0 Å². The van der Waals surface area contributed by atoms with Crippen molar-refractivity contribution in [2.75, 3.05) is 0 Å². The molecule has 6 heteroatoms. The van der Waals surface area contributed by atoms with E-state index in [4.69, 9.17) is 5.11 Å². The maximum Gasteiger partial charge on any atom is 0.335 e. The third kappa shape index (κ3) is 3.01. The Bertz CT molecular complexity index is 681. The molecule has 2 N–H and O–H groups in total. The summed E-state index contributed by atoms with van der Waals surface area (Å²) in [6.45, 7) is 3.61. The minimum atomic E-state index is -0.896. The molecule has 6 nitrogen and oxygen atoms in total. The summed E-state index contributed by atoms with van der Waals surface area (Å²) in [5, 5.41) is 17.0. The molecule has 1 atom stereocenters. The van der Waals surface area contributed by atoms with E-state index in [1.807, 2.05) is 10.7 Å². The van der Waals surface area contributed by atoms with Gasteiger partial charge in [-0.25, -0.2) is 14.5 Å². The molecule has 1 unspecified atom stereocenters. The van der Waals surface area contributed by atoms with Crippen LogP contribution < -0.4 is 5.32 Å². The number of fused-ring (bicyclic) bond motifs is 1. The fourth-order valence-corrected chi connectivity index (χ4v) is 2.80. The largest absolute Gasteiger partial charge is 0.478 e. The second-order valence-corrected chi connectivity index (χ2v) is 5.54. The van der Waals surface area contributed by atoms with Crippen LogP contribution in [-0.2, 0) is 19.5 Å². The maximum absolute atomic E-state index is 11.0. The van der Waals surface area contributed by atoms with Crippen LogP contribution in [0.1, 0.15) is 53.4 Å². The van der Waals surface area contributed by atoms with Gasteiger partial charge in [0.1, 0.15) is 5.82 Å². The van der Waals surface area contributed by atoms with Crippen molar-refractivity contribution in [2.24, 2.45) is 0 Å². The SMILES string of the molecule is CCc1nc2n(n1)CCCC2NCc1cccc(C(=O)O)c1. The van der Waals surface area contributed by atoms with Crippen LogP contribution in [0.5, 0.6) is 0 Å². The molecule has 22 heavy (non-hydrogen) atoms. The van der Waals surface area contributed by atoms with E-state index in [1.165, 1.54) is 0 Å². The highest BCUT2D eigenvalue weighted by atomic mass is 16.4. The second kappa shape index (κ2) is 6.27. The number of hydrogen-bond acceptors (Lipinski definition) is 4. The highest BCUT2D eigenvalue weighted by Crippen LogP contribution is 2.23. The van der Waals surface area contributed by atoms with Gasteiger partial charge in [-0.15, -0.1) is 0 Å². The van der Waals surface area contributed by atoms with Crippen molar-refractivity contribution in [3.8, 4) is 0 Å². The summed E-state index contributed by atoms with van der Waals surface area (Å²) in [5.74, 6) is 0.987. The Morgan fingerprint density at radius 1 is 1.50 bits per heavy atom. The molecule has 1 aromatic heterocycles. The molecular weight excluding hydrogens is 280 g/mol. The van der Waals surface area contributed by atoms with Crippen molar-refractivity contribution in [1.29, 1.82) is 0 Å². The van der Waals surface area contributed by atoms with Crippen LogP contribution >= 0.6 is 0 Å². The smallest absolute Gasteiger partial charge is 0.335 e. The number of nitrogens with zero attached hydrogens (tertiary/aromatic N) is 3. The monoisotopic (exact) mass is 300 g/mol. The first-order valence-electron chi connectivity index (χ1n) is 7.66.